The van der Waals surface area contributed by atoms with E-state index in [1.807, 2.05) is 6.20 Å². The largest absolute Gasteiger partial charge is 0.309 e. The van der Waals surface area contributed by atoms with Gasteiger partial charge in [-0.05, 0) is 52.7 Å². The molecule has 0 unspecified atom stereocenters. The predicted molar refractivity (Wildman–Crippen MR) is 234 cm³/mol. The lowest BCUT2D eigenvalue weighted by molar-refractivity contribution is 1.14. The van der Waals surface area contributed by atoms with Crippen molar-refractivity contribution in [3.05, 3.63) is 194 Å². The van der Waals surface area contributed by atoms with Crippen molar-refractivity contribution in [2.24, 2.45) is 0 Å². The predicted octanol–water partition coefficient (Wildman–Crippen LogP) is 13.5. The Balaban J connectivity index is 1.22. The fraction of sp³-hybridized carbons (Fsp3) is 0. The molecule has 12 rings (SSSR count). The minimum atomic E-state index is 0.832. The van der Waals surface area contributed by atoms with Crippen LogP contribution < -0.4 is 0 Å². The number of nitrogens with zero attached hydrogens (tertiary/aromatic N) is 4. The van der Waals surface area contributed by atoms with E-state index < -0.39 is 0 Å². The maximum atomic E-state index is 5.52. The summed E-state index contributed by atoms with van der Waals surface area (Å²) in [6, 6.07) is 67.5. The minimum absolute atomic E-state index is 0.832. The van der Waals surface area contributed by atoms with Crippen molar-refractivity contribution in [3.63, 3.8) is 0 Å². The molecule has 0 radical (unpaired) electrons. The number of para-hydroxylation sites is 4. The van der Waals surface area contributed by atoms with E-state index in [-0.39, 0.29) is 0 Å². The van der Waals surface area contributed by atoms with Gasteiger partial charge in [0.2, 0.25) is 0 Å². The maximum Gasteiger partial charge on any atom is 0.0979 e. The molecular weight excluding hydrogens is 681 g/mol. The smallest absolute Gasteiger partial charge is 0.0979 e. The SMILES string of the molecule is c1ccc(-c2c(-n3c4ccccc4c4ccccc43)cccc2-n2c3ccccc3c3ccccc32)c(-c2cnc3c4ccccc4c4ccccc4c3n2)c1. The standard InChI is InChI=1S/C52H32N4/c1-5-24-41-33(16-1)34-17-2-6-25-42(34)52-51(41)53-32-43(54-52)35-18-3-4-23-40(35)50-48(55-44-26-11-7-19-36(44)37-20-8-12-27-45(37)55)30-15-31-49(50)56-46-28-13-9-21-38(46)39-22-10-14-29-47(39)56/h1-32H. The van der Waals surface area contributed by atoms with Crippen molar-refractivity contribution < 1.29 is 0 Å². The second-order valence-corrected chi connectivity index (χ2v) is 14.5. The topological polar surface area (TPSA) is 35.6 Å². The summed E-state index contributed by atoms with van der Waals surface area (Å²) < 4.78 is 4.89. The van der Waals surface area contributed by atoms with E-state index in [9.17, 15) is 0 Å². The van der Waals surface area contributed by atoms with Gasteiger partial charge in [-0.3, -0.25) is 4.98 Å². The number of fused-ring (bicyclic) bond motifs is 12. The highest BCUT2D eigenvalue weighted by Gasteiger charge is 2.24. The van der Waals surface area contributed by atoms with Crippen LogP contribution in [0.5, 0.6) is 0 Å². The van der Waals surface area contributed by atoms with E-state index in [2.05, 4.69) is 197 Å². The molecule has 0 N–H and O–H groups in total. The van der Waals surface area contributed by atoms with Crippen LogP contribution in [0.4, 0.5) is 0 Å². The zero-order chi connectivity index (χ0) is 36.7. The summed E-state index contributed by atoms with van der Waals surface area (Å²) in [5.74, 6) is 0. The lowest BCUT2D eigenvalue weighted by atomic mass is 9.94. The zero-order valence-corrected chi connectivity index (χ0v) is 30.3. The summed E-state index contributed by atoms with van der Waals surface area (Å²) in [5.41, 5.74) is 12.7. The van der Waals surface area contributed by atoms with Crippen LogP contribution in [0.25, 0.3) is 110 Å². The van der Waals surface area contributed by atoms with Gasteiger partial charge in [-0.25, -0.2) is 4.98 Å². The van der Waals surface area contributed by atoms with E-state index in [1.54, 1.807) is 0 Å². The van der Waals surface area contributed by atoms with E-state index in [4.69, 9.17) is 9.97 Å². The fourth-order valence-corrected chi connectivity index (χ4v) is 9.22. The van der Waals surface area contributed by atoms with Crippen molar-refractivity contribution in [3.8, 4) is 33.8 Å². The van der Waals surface area contributed by atoms with Crippen LogP contribution in [-0.2, 0) is 0 Å². The van der Waals surface area contributed by atoms with Crippen LogP contribution in [0.2, 0.25) is 0 Å². The Kier molecular flexibility index (Phi) is 6.60. The van der Waals surface area contributed by atoms with Crippen molar-refractivity contribution in [2.45, 2.75) is 0 Å². The van der Waals surface area contributed by atoms with Gasteiger partial charge in [0.25, 0.3) is 0 Å². The molecule has 56 heavy (non-hydrogen) atoms. The van der Waals surface area contributed by atoms with Crippen LogP contribution in [0.15, 0.2) is 194 Å². The van der Waals surface area contributed by atoms with Crippen molar-refractivity contribution in [2.75, 3.05) is 0 Å². The Morgan fingerprint density at radius 1 is 0.304 bits per heavy atom. The van der Waals surface area contributed by atoms with Gasteiger partial charge in [0.05, 0.1) is 56.4 Å². The molecule has 0 aliphatic rings. The Bertz CT molecular complexity index is 3280. The molecule has 0 fully saturated rings. The molecule has 260 valence electrons. The quantitative estimate of drug-likeness (QED) is 0.170. The highest BCUT2D eigenvalue weighted by atomic mass is 15.0. The van der Waals surface area contributed by atoms with Gasteiger partial charge in [0.1, 0.15) is 0 Å². The zero-order valence-electron chi connectivity index (χ0n) is 30.3. The Labute approximate surface area is 322 Å². The summed E-state index contributed by atoms with van der Waals surface area (Å²) in [6.45, 7) is 0. The molecule has 4 nitrogen and oxygen atoms in total. The third-order valence-corrected chi connectivity index (χ3v) is 11.6. The van der Waals surface area contributed by atoms with Crippen LogP contribution in [0, 0.1) is 0 Å². The summed E-state index contributed by atoms with van der Waals surface area (Å²) in [7, 11) is 0. The monoisotopic (exact) mass is 712 g/mol. The average Bonchev–Trinajstić information content (AvgIpc) is 3.79. The van der Waals surface area contributed by atoms with Gasteiger partial charge in [-0.2, -0.15) is 0 Å². The number of rotatable bonds is 4. The van der Waals surface area contributed by atoms with E-state index in [1.165, 1.54) is 32.3 Å². The highest BCUT2D eigenvalue weighted by molar-refractivity contribution is 6.23. The van der Waals surface area contributed by atoms with Gasteiger partial charge >= 0.3 is 0 Å². The lowest BCUT2D eigenvalue weighted by Crippen LogP contribution is -2.04. The van der Waals surface area contributed by atoms with E-state index >= 15 is 0 Å². The third-order valence-electron chi connectivity index (χ3n) is 11.6. The second kappa shape index (κ2) is 12.0. The molecule has 9 aromatic carbocycles. The van der Waals surface area contributed by atoms with Crippen LogP contribution in [0.1, 0.15) is 0 Å². The van der Waals surface area contributed by atoms with Gasteiger partial charge < -0.3 is 9.13 Å². The molecule has 3 heterocycles. The molecule has 3 aromatic heterocycles. The van der Waals surface area contributed by atoms with Gasteiger partial charge in [-0.1, -0.05) is 152 Å². The molecule has 0 amide bonds. The summed E-state index contributed by atoms with van der Waals surface area (Å²) in [6.07, 6.45) is 1.96. The molecule has 0 spiro atoms. The van der Waals surface area contributed by atoms with Crippen LogP contribution >= 0.6 is 0 Å². The van der Waals surface area contributed by atoms with E-state index in [0.29, 0.717) is 0 Å². The first-order valence-electron chi connectivity index (χ1n) is 19.1. The lowest BCUT2D eigenvalue weighted by Gasteiger charge is -2.22. The Morgan fingerprint density at radius 3 is 1.16 bits per heavy atom. The number of hydrogen-bond donors (Lipinski definition) is 0. The number of hydrogen-bond acceptors (Lipinski definition) is 2. The Hall–Kier alpha value is -7.56. The normalized spacial score (nSPS) is 11.9. The van der Waals surface area contributed by atoms with Crippen molar-refractivity contribution >= 4 is 76.2 Å². The van der Waals surface area contributed by atoms with Gasteiger partial charge in [0.15, 0.2) is 0 Å². The number of benzene rings is 9. The molecule has 4 heteroatoms. The number of aromatic nitrogens is 4. The first-order valence-corrected chi connectivity index (χ1v) is 19.1. The summed E-state index contributed by atoms with van der Waals surface area (Å²) in [5, 5.41) is 9.49. The molecule has 12 aromatic rings. The van der Waals surface area contributed by atoms with Gasteiger partial charge in [-0.15, -0.1) is 0 Å². The molecule has 0 aliphatic heterocycles. The maximum absolute atomic E-state index is 5.52. The molecule has 0 aliphatic carbocycles. The molecular formula is C52H32N4. The van der Waals surface area contributed by atoms with E-state index in [0.717, 1.165) is 77.6 Å². The molecule has 0 bridgehead atoms. The fourth-order valence-electron chi connectivity index (χ4n) is 9.22. The van der Waals surface area contributed by atoms with Crippen molar-refractivity contribution in [1.29, 1.82) is 0 Å². The third kappa shape index (κ3) is 4.35. The van der Waals surface area contributed by atoms with Crippen LogP contribution in [-0.4, -0.2) is 19.1 Å². The first kappa shape index (κ1) is 30.9. The molecule has 0 saturated heterocycles. The molecule has 0 saturated carbocycles. The van der Waals surface area contributed by atoms with Crippen molar-refractivity contribution in [1.82, 2.24) is 19.1 Å². The van der Waals surface area contributed by atoms with Gasteiger partial charge in [0, 0.05) is 43.4 Å². The second-order valence-electron chi connectivity index (χ2n) is 14.5. The summed E-state index contributed by atoms with van der Waals surface area (Å²) in [4.78, 5) is 10.7. The average molecular weight is 713 g/mol. The highest BCUT2D eigenvalue weighted by Crippen LogP contribution is 2.45. The van der Waals surface area contributed by atoms with Crippen LogP contribution in [0.3, 0.4) is 0 Å². The summed E-state index contributed by atoms with van der Waals surface area (Å²) >= 11 is 0. The minimum Gasteiger partial charge on any atom is -0.309 e. The first-order chi connectivity index (χ1) is 27.8. The Morgan fingerprint density at radius 2 is 0.679 bits per heavy atom. The molecule has 0 atom stereocenters.